The predicted octanol–water partition coefficient (Wildman–Crippen LogP) is 1.93. The first-order chi connectivity index (χ1) is 5.04. The van der Waals surface area contributed by atoms with E-state index in [4.69, 9.17) is 10.5 Å². The smallest absolute Gasteiger partial charge is 0.0649 e. The zero-order valence-electron chi connectivity index (χ0n) is 8.18. The molecule has 0 aromatic heterocycles. The number of rotatable bonds is 5. The molecule has 0 saturated carbocycles. The number of ether oxygens (including phenoxy) is 1. The zero-order valence-corrected chi connectivity index (χ0v) is 8.18. The van der Waals surface area contributed by atoms with Crippen LogP contribution < -0.4 is 5.73 Å². The Balaban J connectivity index is 3.69. The summed E-state index contributed by atoms with van der Waals surface area (Å²) in [6.07, 6.45) is 2.25. The maximum absolute atomic E-state index is 6.02. The number of hydrogen-bond acceptors (Lipinski definition) is 2. The summed E-state index contributed by atoms with van der Waals surface area (Å²) in [5.74, 6) is 0. The molecule has 0 aliphatic carbocycles. The Kier molecular flexibility index (Phi) is 4.69. The Bertz CT molecular complexity index is 97.7. The van der Waals surface area contributed by atoms with Crippen molar-refractivity contribution in [2.75, 3.05) is 6.61 Å². The predicted molar refractivity (Wildman–Crippen MR) is 48.6 cm³/mol. The van der Waals surface area contributed by atoms with E-state index in [-0.39, 0.29) is 11.6 Å². The van der Waals surface area contributed by atoms with Gasteiger partial charge in [0.1, 0.15) is 0 Å². The average molecular weight is 159 g/mol. The van der Waals surface area contributed by atoms with Gasteiger partial charge in [0.15, 0.2) is 0 Å². The van der Waals surface area contributed by atoms with Crippen LogP contribution in [0.15, 0.2) is 0 Å². The van der Waals surface area contributed by atoms with Crippen LogP contribution in [0.1, 0.15) is 40.5 Å². The summed E-state index contributed by atoms with van der Waals surface area (Å²) < 4.78 is 5.46. The molecule has 11 heavy (non-hydrogen) atoms. The van der Waals surface area contributed by atoms with Gasteiger partial charge in [0, 0.05) is 5.54 Å². The van der Waals surface area contributed by atoms with Crippen molar-refractivity contribution in [1.82, 2.24) is 0 Å². The van der Waals surface area contributed by atoms with Crippen LogP contribution in [0.25, 0.3) is 0 Å². The normalized spacial score (nSPS) is 12.5. The van der Waals surface area contributed by atoms with Crippen molar-refractivity contribution < 1.29 is 4.74 Å². The lowest BCUT2D eigenvalue weighted by Gasteiger charge is -2.27. The lowest BCUT2D eigenvalue weighted by atomic mass is 9.96. The first-order valence-electron chi connectivity index (χ1n) is 4.44. The van der Waals surface area contributed by atoms with Crippen molar-refractivity contribution in [2.45, 2.75) is 52.2 Å². The molecule has 0 aromatic carbocycles. The van der Waals surface area contributed by atoms with Gasteiger partial charge in [0.25, 0.3) is 0 Å². The first-order valence-corrected chi connectivity index (χ1v) is 4.44. The molecule has 0 amide bonds. The Morgan fingerprint density at radius 1 is 1.27 bits per heavy atom. The first kappa shape index (κ1) is 10.9. The Labute approximate surface area is 70.1 Å². The second-order valence-corrected chi connectivity index (χ2v) is 3.43. The minimum Gasteiger partial charge on any atom is -0.377 e. The van der Waals surface area contributed by atoms with Crippen LogP contribution in [0.4, 0.5) is 0 Å². The highest BCUT2D eigenvalue weighted by atomic mass is 16.5. The minimum absolute atomic E-state index is 0.107. The summed E-state index contributed by atoms with van der Waals surface area (Å²) in [6, 6.07) is 0. The highest BCUT2D eigenvalue weighted by Gasteiger charge is 2.20. The van der Waals surface area contributed by atoms with E-state index in [0.717, 1.165) is 12.8 Å². The van der Waals surface area contributed by atoms with Gasteiger partial charge >= 0.3 is 0 Å². The summed E-state index contributed by atoms with van der Waals surface area (Å²) in [7, 11) is 0. The topological polar surface area (TPSA) is 35.2 Å². The molecule has 0 radical (unpaired) electrons. The molecule has 0 aromatic rings. The second-order valence-electron chi connectivity index (χ2n) is 3.43. The maximum atomic E-state index is 6.02. The number of nitrogens with two attached hydrogens (primary N) is 1. The molecule has 0 saturated heterocycles. The van der Waals surface area contributed by atoms with Gasteiger partial charge in [-0.1, -0.05) is 13.8 Å². The Hall–Kier alpha value is -0.0800. The highest BCUT2D eigenvalue weighted by molar-refractivity contribution is 4.80. The lowest BCUT2D eigenvalue weighted by Crippen LogP contribution is -2.43. The molecule has 0 aliphatic rings. The molecule has 2 N–H and O–H groups in total. The monoisotopic (exact) mass is 159 g/mol. The van der Waals surface area contributed by atoms with Crippen LogP contribution in [0, 0.1) is 0 Å². The fourth-order valence-corrected chi connectivity index (χ4v) is 0.787. The van der Waals surface area contributed by atoms with E-state index in [1.54, 1.807) is 0 Å². The Morgan fingerprint density at radius 3 is 2.00 bits per heavy atom. The molecular weight excluding hydrogens is 138 g/mol. The van der Waals surface area contributed by atoms with Gasteiger partial charge in [-0.2, -0.15) is 0 Å². The van der Waals surface area contributed by atoms with Crippen LogP contribution >= 0.6 is 0 Å². The van der Waals surface area contributed by atoms with Crippen LogP contribution in [-0.4, -0.2) is 18.2 Å². The molecule has 0 spiro atoms. The average Bonchev–Trinajstić information content (AvgIpc) is 2.00. The minimum atomic E-state index is -0.107. The molecule has 0 heterocycles. The van der Waals surface area contributed by atoms with Crippen molar-refractivity contribution in [3.63, 3.8) is 0 Å². The Morgan fingerprint density at radius 2 is 1.73 bits per heavy atom. The van der Waals surface area contributed by atoms with E-state index in [0.29, 0.717) is 6.61 Å². The summed E-state index contributed by atoms with van der Waals surface area (Å²) in [4.78, 5) is 0. The van der Waals surface area contributed by atoms with E-state index >= 15 is 0 Å². The fraction of sp³-hybridized carbons (Fsp3) is 1.00. The van der Waals surface area contributed by atoms with Crippen LogP contribution in [0.5, 0.6) is 0 Å². The number of hydrogen-bond donors (Lipinski definition) is 1. The highest BCUT2D eigenvalue weighted by Crippen LogP contribution is 2.12. The molecule has 0 unspecified atom stereocenters. The van der Waals surface area contributed by atoms with Crippen molar-refractivity contribution in [3.05, 3.63) is 0 Å². The molecule has 2 heteroatoms. The van der Waals surface area contributed by atoms with Crippen molar-refractivity contribution >= 4 is 0 Å². The van der Waals surface area contributed by atoms with E-state index in [9.17, 15) is 0 Å². The van der Waals surface area contributed by atoms with Gasteiger partial charge in [-0.3, -0.25) is 0 Å². The molecule has 2 nitrogen and oxygen atoms in total. The summed E-state index contributed by atoms with van der Waals surface area (Å²) in [5, 5.41) is 0. The van der Waals surface area contributed by atoms with Crippen molar-refractivity contribution in [2.24, 2.45) is 5.73 Å². The quantitative estimate of drug-likeness (QED) is 0.665. The standard InChI is InChI=1S/C9H21NO/c1-5-9(10,6-2)7-11-8(3)4/h8H,5-7,10H2,1-4H3. The van der Waals surface area contributed by atoms with Gasteiger partial charge in [-0.15, -0.1) is 0 Å². The van der Waals surface area contributed by atoms with Gasteiger partial charge in [0.05, 0.1) is 12.7 Å². The summed E-state index contributed by atoms with van der Waals surface area (Å²) >= 11 is 0. The SMILES string of the molecule is CCC(N)(CC)COC(C)C. The van der Waals surface area contributed by atoms with Crippen LogP contribution in [-0.2, 0) is 4.74 Å². The lowest BCUT2D eigenvalue weighted by molar-refractivity contribution is 0.0374. The molecule has 0 bridgehead atoms. The molecule has 0 atom stereocenters. The second kappa shape index (κ2) is 4.73. The van der Waals surface area contributed by atoms with E-state index < -0.39 is 0 Å². The zero-order chi connectivity index (χ0) is 8.91. The third-order valence-corrected chi connectivity index (χ3v) is 2.11. The van der Waals surface area contributed by atoms with Crippen molar-refractivity contribution in [1.29, 1.82) is 0 Å². The van der Waals surface area contributed by atoms with Gasteiger partial charge in [0.2, 0.25) is 0 Å². The molecule has 0 rings (SSSR count). The maximum Gasteiger partial charge on any atom is 0.0649 e. The van der Waals surface area contributed by atoms with E-state index in [2.05, 4.69) is 13.8 Å². The van der Waals surface area contributed by atoms with Crippen LogP contribution in [0.2, 0.25) is 0 Å². The summed E-state index contributed by atoms with van der Waals surface area (Å²) in [6.45, 7) is 8.95. The molecule has 68 valence electrons. The van der Waals surface area contributed by atoms with Crippen LogP contribution in [0.3, 0.4) is 0 Å². The van der Waals surface area contributed by atoms with Gasteiger partial charge in [-0.05, 0) is 26.7 Å². The van der Waals surface area contributed by atoms with E-state index in [1.807, 2.05) is 13.8 Å². The fourth-order valence-electron chi connectivity index (χ4n) is 0.787. The van der Waals surface area contributed by atoms with E-state index in [1.165, 1.54) is 0 Å². The molecule has 0 aliphatic heterocycles. The molecular formula is C9H21NO. The summed E-state index contributed by atoms with van der Waals surface area (Å²) in [5.41, 5.74) is 5.91. The third kappa shape index (κ3) is 4.38. The van der Waals surface area contributed by atoms with Gasteiger partial charge < -0.3 is 10.5 Å². The third-order valence-electron chi connectivity index (χ3n) is 2.11. The van der Waals surface area contributed by atoms with Gasteiger partial charge in [-0.25, -0.2) is 0 Å². The largest absolute Gasteiger partial charge is 0.377 e. The molecule has 0 fully saturated rings. The van der Waals surface area contributed by atoms with Crippen molar-refractivity contribution in [3.8, 4) is 0 Å².